The average Bonchev–Trinajstić information content (AvgIpc) is 2.91. The minimum atomic E-state index is -4.36. The van der Waals surface area contributed by atoms with Gasteiger partial charge >= 0.3 is 0 Å². The summed E-state index contributed by atoms with van der Waals surface area (Å²) in [5.41, 5.74) is -0.678. The molecule has 1 aliphatic heterocycles. The smallest absolute Gasteiger partial charge is 0.265 e. The van der Waals surface area contributed by atoms with E-state index >= 15 is 0 Å². The Labute approximate surface area is 144 Å². The number of hydrogen-bond acceptors (Lipinski definition) is 4. The van der Waals surface area contributed by atoms with Crippen LogP contribution in [0, 0.1) is 21.7 Å². The maximum atomic E-state index is 13.8. The quantitative estimate of drug-likeness (QED) is 0.565. The molecule has 0 amide bonds. The van der Waals surface area contributed by atoms with E-state index in [1.165, 1.54) is 6.07 Å². The number of sulfonamides is 1. The first kappa shape index (κ1) is 16.8. The average molecular weight is 419 g/mol. The summed E-state index contributed by atoms with van der Waals surface area (Å²) in [4.78, 5) is 9.78. The molecule has 0 spiro atoms. The van der Waals surface area contributed by atoms with Gasteiger partial charge in [0.1, 0.15) is 11.6 Å². The Morgan fingerprint density at radius 2 is 1.92 bits per heavy atom. The molecule has 0 aromatic heterocycles. The van der Waals surface area contributed by atoms with Crippen molar-refractivity contribution in [3.05, 3.63) is 62.1 Å². The van der Waals surface area contributed by atoms with Crippen LogP contribution in [0.15, 0.2) is 39.7 Å². The van der Waals surface area contributed by atoms with Crippen molar-refractivity contribution in [2.24, 2.45) is 0 Å². The van der Waals surface area contributed by atoms with Gasteiger partial charge in [-0.2, -0.15) is 0 Å². The second-order valence-corrected chi connectivity index (χ2v) is 7.83. The van der Waals surface area contributed by atoms with Gasteiger partial charge in [-0.25, -0.2) is 17.2 Å². The SMILES string of the molecule is O=[N+]([O-])c1ccc(Br)cc1S(=O)(=O)N1CCc2c(F)cc(F)cc21. The van der Waals surface area contributed by atoms with Crippen molar-refractivity contribution >= 4 is 37.3 Å². The summed E-state index contributed by atoms with van der Waals surface area (Å²) in [5.74, 6) is -1.76. The minimum Gasteiger partial charge on any atom is -0.265 e. The summed E-state index contributed by atoms with van der Waals surface area (Å²) in [6.45, 7) is -0.123. The second-order valence-electron chi connectivity index (χ2n) is 5.08. The zero-order valence-electron chi connectivity index (χ0n) is 11.9. The number of halogens is 3. The lowest BCUT2D eigenvalue weighted by Gasteiger charge is -2.19. The highest BCUT2D eigenvalue weighted by Crippen LogP contribution is 2.38. The van der Waals surface area contributed by atoms with Crippen molar-refractivity contribution in [2.75, 3.05) is 10.8 Å². The zero-order chi connectivity index (χ0) is 17.6. The normalized spacial score (nSPS) is 13.9. The summed E-state index contributed by atoms with van der Waals surface area (Å²) in [7, 11) is -4.36. The van der Waals surface area contributed by atoms with E-state index in [0.717, 1.165) is 22.5 Å². The van der Waals surface area contributed by atoms with E-state index in [1.807, 2.05) is 0 Å². The van der Waals surface area contributed by atoms with Crippen molar-refractivity contribution in [3.63, 3.8) is 0 Å². The molecule has 1 aliphatic rings. The van der Waals surface area contributed by atoms with E-state index in [1.54, 1.807) is 0 Å². The third-order valence-electron chi connectivity index (χ3n) is 3.66. The Kier molecular flexibility index (Phi) is 4.04. The van der Waals surface area contributed by atoms with Gasteiger partial charge in [-0.3, -0.25) is 14.4 Å². The van der Waals surface area contributed by atoms with Gasteiger partial charge in [0.2, 0.25) is 0 Å². The fourth-order valence-electron chi connectivity index (χ4n) is 2.61. The molecule has 0 N–H and O–H groups in total. The highest BCUT2D eigenvalue weighted by Gasteiger charge is 2.37. The fraction of sp³-hybridized carbons (Fsp3) is 0.143. The monoisotopic (exact) mass is 418 g/mol. The number of nitrogens with zero attached hydrogens (tertiary/aromatic N) is 2. The Balaban J connectivity index is 2.19. The second kappa shape index (κ2) is 5.78. The maximum absolute atomic E-state index is 13.8. The summed E-state index contributed by atoms with van der Waals surface area (Å²) in [5, 5.41) is 11.1. The number of hydrogen-bond donors (Lipinski definition) is 0. The lowest BCUT2D eigenvalue weighted by molar-refractivity contribution is -0.387. The molecule has 2 aromatic rings. The van der Waals surface area contributed by atoms with Crippen molar-refractivity contribution in [3.8, 4) is 0 Å². The number of nitro groups is 1. The van der Waals surface area contributed by atoms with E-state index in [4.69, 9.17) is 0 Å². The van der Waals surface area contributed by atoms with Crippen LogP contribution in [0.1, 0.15) is 5.56 Å². The minimum absolute atomic E-state index is 0.0580. The van der Waals surface area contributed by atoms with Crippen LogP contribution < -0.4 is 4.31 Å². The number of nitro benzene ring substituents is 1. The van der Waals surface area contributed by atoms with Gasteiger partial charge in [0.25, 0.3) is 15.7 Å². The molecule has 0 unspecified atom stereocenters. The number of benzene rings is 2. The lowest BCUT2D eigenvalue weighted by Crippen LogP contribution is -2.29. The summed E-state index contributed by atoms with van der Waals surface area (Å²) >= 11 is 3.08. The molecule has 0 fully saturated rings. The van der Waals surface area contributed by atoms with Gasteiger partial charge < -0.3 is 0 Å². The Bertz CT molecular complexity index is 965. The van der Waals surface area contributed by atoms with Gasteiger partial charge in [0, 0.05) is 28.7 Å². The van der Waals surface area contributed by atoms with Crippen LogP contribution in [0.25, 0.3) is 0 Å². The van der Waals surface area contributed by atoms with Crippen LogP contribution in [0.4, 0.5) is 20.2 Å². The molecule has 24 heavy (non-hydrogen) atoms. The molecule has 2 aromatic carbocycles. The molecular weight excluding hydrogens is 410 g/mol. The van der Waals surface area contributed by atoms with Gasteiger partial charge in [-0.1, -0.05) is 15.9 Å². The van der Waals surface area contributed by atoms with E-state index in [0.29, 0.717) is 10.5 Å². The van der Waals surface area contributed by atoms with E-state index in [2.05, 4.69) is 15.9 Å². The van der Waals surface area contributed by atoms with Gasteiger partial charge in [0.05, 0.1) is 10.6 Å². The molecule has 0 bridgehead atoms. The molecule has 0 aliphatic carbocycles. The van der Waals surface area contributed by atoms with Gasteiger partial charge in [-0.15, -0.1) is 0 Å². The molecule has 0 atom stereocenters. The fourth-order valence-corrected chi connectivity index (χ4v) is 4.79. The first-order valence-electron chi connectivity index (χ1n) is 6.66. The van der Waals surface area contributed by atoms with Crippen molar-refractivity contribution in [2.45, 2.75) is 11.3 Å². The summed E-state index contributed by atoms with van der Waals surface area (Å²) < 4.78 is 54.1. The van der Waals surface area contributed by atoms with Crippen LogP contribution in [0.5, 0.6) is 0 Å². The first-order chi connectivity index (χ1) is 11.2. The topological polar surface area (TPSA) is 80.5 Å². The third-order valence-corrected chi connectivity index (χ3v) is 5.99. The van der Waals surface area contributed by atoms with Gasteiger partial charge in [0.15, 0.2) is 4.90 Å². The largest absolute Gasteiger partial charge is 0.289 e. The Morgan fingerprint density at radius 1 is 1.21 bits per heavy atom. The van der Waals surface area contributed by atoms with E-state index in [-0.39, 0.29) is 24.2 Å². The standard InChI is InChI=1S/C14H9BrF2N2O4S/c15-8-1-2-12(19(20)21)14(5-8)24(22,23)18-4-3-10-11(17)6-9(16)7-13(10)18/h1-2,5-7H,3-4H2. The molecule has 3 rings (SSSR count). The molecule has 0 radical (unpaired) electrons. The van der Waals surface area contributed by atoms with Gasteiger partial charge in [-0.05, 0) is 24.6 Å². The number of anilines is 1. The highest BCUT2D eigenvalue weighted by atomic mass is 79.9. The molecule has 10 heteroatoms. The Hall–Kier alpha value is -2.07. The van der Waals surface area contributed by atoms with Crippen molar-refractivity contribution < 1.29 is 22.1 Å². The molecular formula is C14H9BrF2N2O4S. The third kappa shape index (κ3) is 2.65. The van der Waals surface area contributed by atoms with Crippen LogP contribution in [0.3, 0.4) is 0 Å². The predicted molar refractivity (Wildman–Crippen MR) is 85.4 cm³/mol. The maximum Gasteiger partial charge on any atom is 0.289 e. The number of fused-ring (bicyclic) bond motifs is 1. The molecule has 1 heterocycles. The van der Waals surface area contributed by atoms with Crippen molar-refractivity contribution in [1.82, 2.24) is 0 Å². The zero-order valence-corrected chi connectivity index (χ0v) is 14.3. The Morgan fingerprint density at radius 3 is 2.58 bits per heavy atom. The van der Waals surface area contributed by atoms with E-state index < -0.39 is 37.2 Å². The van der Waals surface area contributed by atoms with Crippen LogP contribution in [-0.2, 0) is 16.4 Å². The molecule has 0 saturated heterocycles. The van der Waals surface area contributed by atoms with Crippen LogP contribution in [-0.4, -0.2) is 19.9 Å². The molecule has 126 valence electrons. The van der Waals surface area contributed by atoms with Crippen LogP contribution in [0.2, 0.25) is 0 Å². The van der Waals surface area contributed by atoms with Crippen molar-refractivity contribution in [1.29, 1.82) is 0 Å². The lowest BCUT2D eigenvalue weighted by atomic mass is 10.1. The van der Waals surface area contributed by atoms with E-state index in [9.17, 15) is 27.3 Å². The highest BCUT2D eigenvalue weighted by molar-refractivity contribution is 9.10. The molecule has 0 saturated carbocycles. The summed E-state index contributed by atoms with van der Waals surface area (Å²) in [6.07, 6.45) is 0.0580. The summed E-state index contributed by atoms with van der Waals surface area (Å²) in [6, 6.07) is 5.08. The predicted octanol–water partition coefficient (Wildman–Crippen LogP) is 3.39. The first-order valence-corrected chi connectivity index (χ1v) is 8.89. The van der Waals surface area contributed by atoms with Crippen LogP contribution >= 0.6 is 15.9 Å². The molecule has 6 nitrogen and oxygen atoms in total. The number of rotatable bonds is 3.